The monoisotopic (exact) mass is 219 g/mol. The maximum absolute atomic E-state index is 5.80. The zero-order valence-electron chi connectivity index (χ0n) is 10.2. The van der Waals surface area contributed by atoms with Crippen LogP contribution in [0.25, 0.3) is 0 Å². The van der Waals surface area contributed by atoms with E-state index in [0.717, 1.165) is 19.2 Å². The number of aryl methyl sites for hydroxylation is 1. The normalized spacial score (nSPS) is 17.4. The van der Waals surface area contributed by atoms with Gasteiger partial charge in [0.1, 0.15) is 0 Å². The molecule has 0 heterocycles. The fraction of sp³-hybridized carbons (Fsp3) is 0.571. The van der Waals surface area contributed by atoms with Crippen LogP contribution < -0.4 is 5.32 Å². The van der Waals surface area contributed by atoms with Crippen LogP contribution in [0.3, 0.4) is 0 Å². The predicted molar refractivity (Wildman–Crippen MR) is 66.6 cm³/mol. The Morgan fingerprint density at radius 3 is 2.88 bits per heavy atom. The number of hydrogen-bond donors (Lipinski definition) is 1. The number of nitrogens with one attached hydrogen (secondary N) is 1. The van der Waals surface area contributed by atoms with E-state index in [1.165, 1.54) is 24.0 Å². The van der Waals surface area contributed by atoms with Gasteiger partial charge in [-0.05, 0) is 32.3 Å². The van der Waals surface area contributed by atoms with Crippen molar-refractivity contribution in [2.24, 2.45) is 0 Å². The second-order valence-corrected chi connectivity index (χ2v) is 4.54. The minimum absolute atomic E-state index is 0.200. The molecule has 1 aromatic carbocycles. The summed E-state index contributed by atoms with van der Waals surface area (Å²) in [6.07, 6.45) is 2.85. The van der Waals surface area contributed by atoms with Gasteiger partial charge in [0, 0.05) is 19.2 Å². The van der Waals surface area contributed by atoms with Crippen molar-refractivity contribution < 1.29 is 4.74 Å². The lowest BCUT2D eigenvalue weighted by molar-refractivity contribution is 0.0620. The maximum atomic E-state index is 5.80. The van der Waals surface area contributed by atoms with Crippen LogP contribution in [0.5, 0.6) is 0 Å². The van der Waals surface area contributed by atoms with Crippen LogP contribution in [0.4, 0.5) is 0 Å². The molecule has 1 fully saturated rings. The van der Waals surface area contributed by atoms with Gasteiger partial charge < -0.3 is 10.1 Å². The molecule has 2 nitrogen and oxygen atoms in total. The van der Waals surface area contributed by atoms with Crippen LogP contribution in [-0.2, 0) is 4.74 Å². The quantitative estimate of drug-likeness (QED) is 0.794. The lowest BCUT2D eigenvalue weighted by Gasteiger charge is -2.18. The van der Waals surface area contributed by atoms with E-state index in [1.807, 2.05) is 0 Å². The summed E-state index contributed by atoms with van der Waals surface area (Å²) in [5.41, 5.74) is 2.59. The van der Waals surface area contributed by atoms with Gasteiger partial charge in [-0.25, -0.2) is 0 Å². The van der Waals surface area contributed by atoms with E-state index in [1.54, 1.807) is 0 Å². The Kier molecular flexibility index (Phi) is 3.97. The van der Waals surface area contributed by atoms with E-state index in [-0.39, 0.29) is 6.10 Å². The van der Waals surface area contributed by atoms with Gasteiger partial charge in [-0.15, -0.1) is 0 Å². The van der Waals surface area contributed by atoms with Crippen molar-refractivity contribution in [3.05, 3.63) is 35.4 Å². The third-order valence-corrected chi connectivity index (χ3v) is 2.95. The average molecular weight is 219 g/mol. The van der Waals surface area contributed by atoms with Crippen LogP contribution in [0.1, 0.15) is 37.0 Å². The topological polar surface area (TPSA) is 21.3 Å². The molecule has 0 amide bonds. The number of rotatable bonds is 6. The van der Waals surface area contributed by atoms with Crippen LogP contribution in [0.2, 0.25) is 0 Å². The molecule has 0 bridgehead atoms. The highest BCUT2D eigenvalue weighted by Crippen LogP contribution is 2.22. The smallest absolute Gasteiger partial charge is 0.0949 e. The molecule has 88 valence electrons. The highest BCUT2D eigenvalue weighted by Gasteiger charge is 2.22. The summed E-state index contributed by atoms with van der Waals surface area (Å²) < 4.78 is 5.80. The molecule has 1 atom stereocenters. The summed E-state index contributed by atoms with van der Waals surface area (Å²) in [6.45, 7) is 5.88. The summed E-state index contributed by atoms with van der Waals surface area (Å²) in [6, 6.07) is 9.35. The van der Waals surface area contributed by atoms with Crippen molar-refractivity contribution in [2.75, 3.05) is 13.2 Å². The third kappa shape index (κ3) is 3.32. The van der Waals surface area contributed by atoms with Crippen LogP contribution in [0, 0.1) is 6.92 Å². The Morgan fingerprint density at radius 2 is 2.25 bits per heavy atom. The van der Waals surface area contributed by atoms with Crippen molar-refractivity contribution in [2.45, 2.75) is 38.8 Å². The predicted octanol–water partition coefficient (Wildman–Crippen LogP) is 2.82. The Morgan fingerprint density at radius 1 is 1.44 bits per heavy atom. The molecule has 2 heteroatoms. The third-order valence-electron chi connectivity index (χ3n) is 2.95. The Labute approximate surface area is 98.0 Å². The van der Waals surface area contributed by atoms with Gasteiger partial charge in [0.15, 0.2) is 0 Å². The second-order valence-electron chi connectivity index (χ2n) is 4.54. The van der Waals surface area contributed by atoms with E-state index >= 15 is 0 Å². The fourth-order valence-electron chi connectivity index (χ4n) is 1.91. The molecule has 0 radical (unpaired) electrons. The first-order chi connectivity index (χ1) is 7.79. The summed E-state index contributed by atoms with van der Waals surface area (Å²) in [5.74, 6) is 0. The molecule has 0 aliphatic heterocycles. The lowest BCUT2D eigenvalue weighted by atomic mass is 10.1. The first kappa shape index (κ1) is 11.6. The molecular weight excluding hydrogens is 198 g/mol. The van der Waals surface area contributed by atoms with Crippen molar-refractivity contribution in [3.8, 4) is 0 Å². The Bertz CT molecular complexity index is 333. The van der Waals surface area contributed by atoms with Crippen molar-refractivity contribution in [3.63, 3.8) is 0 Å². The molecule has 16 heavy (non-hydrogen) atoms. The minimum Gasteiger partial charge on any atom is -0.372 e. The van der Waals surface area contributed by atoms with Crippen LogP contribution in [-0.4, -0.2) is 19.2 Å². The van der Waals surface area contributed by atoms with Gasteiger partial charge in [0.25, 0.3) is 0 Å². The highest BCUT2D eigenvalue weighted by molar-refractivity contribution is 5.24. The summed E-state index contributed by atoms with van der Waals surface area (Å²) in [4.78, 5) is 0. The molecule has 0 aromatic heterocycles. The summed E-state index contributed by atoms with van der Waals surface area (Å²) >= 11 is 0. The Hall–Kier alpha value is -0.860. The molecule has 2 rings (SSSR count). The lowest BCUT2D eigenvalue weighted by Crippen LogP contribution is -2.25. The zero-order valence-corrected chi connectivity index (χ0v) is 10.2. The SMILES string of the molecule is CCOC(CNC1CC1)c1cccc(C)c1. The van der Waals surface area contributed by atoms with E-state index in [0.29, 0.717) is 0 Å². The number of hydrogen-bond acceptors (Lipinski definition) is 2. The van der Waals surface area contributed by atoms with Gasteiger partial charge in [-0.2, -0.15) is 0 Å². The van der Waals surface area contributed by atoms with Gasteiger partial charge in [0.05, 0.1) is 6.10 Å². The first-order valence-electron chi connectivity index (χ1n) is 6.21. The van der Waals surface area contributed by atoms with Gasteiger partial charge in [0.2, 0.25) is 0 Å². The highest BCUT2D eigenvalue weighted by atomic mass is 16.5. The van der Waals surface area contributed by atoms with Gasteiger partial charge >= 0.3 is 0 Å². The molecular formula is C14H21NO. The molecule has 1 aromatic rings. The molecule has 1 aliphatic carbocycles. The second kappa shape index (κ2) is 5.46. The first-order valence-corrected chi connectivity index (χ1v) is 6.21. The molecule has 0 spiro atoms. The molecule has 1 saturated carbocycles. The zero-order chi connectivity index (χ0) is 11.4. The van der Waals surface area contributed by atoms with E-state index in [9.17, 15) is 0 Å². The van der Waals surface area contributed by atoms with Crippen molar-refractivity contribution in [1.29, 1.82) is 0 Å². The van der Waals surface area contributed by atoms with Crippen molar-refractivity contribution >= 4 is 0 Å². The van der Waals surface area contributed by atoms with Crippen LogP contribution >= 0.6 is 0 Å². The average Bonchev–Trinajstić information content (AvgIpc) is 3.08. The molecule has 1 unspecified atom stereocenters. The number of ether oxygens (including phenoxy) is 1. The maximum Gasteiger partial charge on any atom is 0.0949 e. The van der Waals surface area contributed by atoms with Gasteiger partial charge in [-0.3, -0.25) is 0 Å². The standard InChI is InChI=1S/C14H21NO/c1-3-16-14(10-15-13-7-8-13)12-6-4-5-11(2)9-12/h4-6,9,13-15H,3,7-8,10H2,1-2H3. The minimum atomic E-state index is 0.200. The largest absolute Gasteiger partial charge is 0.372 e. The van der Waals surface area contributed by atoms with Crippen LogP contribution in [0.15, 0.2) is 24.3 Å². The molecule has 1 N–H and O–H groups in total. The Balaban J connectivity index is 1.98. The summed E-state index contributed by atoms with van der Waals surface area (Å²) in [7, 11) is 0. The van der Waals surface area contributed by atoms with Crippen molar-refractivity contribution in [1.82, 2.24) is 5.32 Å². The van der Waals surface area contributed by atoms with E-state index in [4.69, 9.17) is 4.74 Å². The van der Waals surface area contributed by atoms with E-state index in [2.05, 4.69) is 43.4 Å². The molecule has 0 saturated heterocycles. The number of benzene rings is 1. The van der Waals surface area contributed by atoms with Gasteiger partial charge in [-0.1, -0.05) is 29.8 Å². The van der Waals surface area contributed by atoms with E-state index < -0.39 is 0 Å². The fourth-order valence-corrected chi connectivity index (χ4v) is 1.91. The summed E-state index contributed by atoms with van der Waals surface area (Å²) in [5, 5.41) is 3.53. The molecule has 1 aliphatic rings.